The van der Waals surface area contributed by atoms with Gasteiger partial charge >= 0.3 is 0 Å². The van der Waals surface area contributed by atoms with Crippen LogP contribution in [0.4, 0.5) is 0 Å². The second kappa shape index (κ2) is 5.13. The lowest BCUT2D eigenvalue weighted by atomic mass is 9.93. The van der Waals surface area contributed by atoms with Gasteiger partial charge in [0.1, 0.15) is 0 Å². The highest BCUT2D eigenvalue weighted by Gasteiger charge is 2.28. The molecule has 0 fully saturated rings. The number of fused-ring (bicyclic) bond motifs is 1. The van der Waals surface area contributed by atoms with Crippen LogP contribution in [-0.2, 0) is 12.8 Å². The molecule has 1 aliphatic carbocycles. The first-order valence-corrected chi connectivity index (χ1v) is 7.84. The van der Waals surface area contributed by atoms with E-state index in [2.05, 4.69) is 72.2 Å². The molecule has 0 saturated carbocycles. The van der Waals surface area contributed by atoms with E-state index in [-0.39, 0.29) is 0 Å². The molecule has 1 unspecified atom stereocenters. The molecule has 0 spiro atoms. The van der Waals surface area contributed by atoms with E-state index in [1.807, 2.05) is 0 Å². The van der Waals surface area contributed by atoms with Gasteiger partial charge in [0.05, 0.1) is 0 Å². The summed E-state index contributed by atoms with van der Waals surface area (Å²) in [4.78, 5) is 0.459. The van der Waals surface area contributed by atoms with Crippen molar-refractivity contribution in [1.82, 2.24) is 0 Å². The Morgan fingerprint density at radius 1 is 1.00 bits per heavy atom. The molecule has 0 bridgehead atoms. The molecule has 0 N–H and O–H groups in total. The van der Waals surface area contributed by atoms with E-state index in [0.29, 0.717) is 10.7 Å². The monoisotopic (exact) mass is 314 g/mol. The van der Waals surface area contributed by atoms with Gasteiger partial charge in [0.25, 0.3) is 0 Å². The van der Waals surface area contributed by atoms with Gasteiger partial charge in [0, 0.05) is 4.83 Å². The number of alkyl halides is 1. The van der Waals surface area contributed by atoms with Crippen molar-refractivity contribution < 1.29 is 0 Å². The lowest BCUT2D eigenvalue weighted by molar-refractivity contribution is 0.553. The molecule has 3 rings (SSSR count). The van der Waals surface area contributed by atoms with Crippen LogP contribution < -0.4 is 0 Å². The Balaban J connectivity index is 1.85. The minimum Gasteiger partial charge on any atom is -0.0835 e. The van der Waals surface area contributed by atoms with Gasteiger partial charge in [-0.2, -0.15) is 0 Å². The molecule has 2 aromatic carbocycles. The molecule has 1 aliphatic rings. The van der Waals surface area contributed by atoms with Crippen LogP contribution in [0.1, 0.15) is 32.6 Å². The molecule has 0 radical (unpaired) electrons. The van der Waals surface area contributed by atoms with Crippen LogP contribution in [-0.4, -0.2) is 0 Å². The van der Waals surface area contributed by atoms with Gasteiger partial charge in [0.2, 0.25) is 0 Å². The molecule has 0 heterocycles. The predicted octanol–water partition coefficient (Wildman–Crippen LogP) is 5.15. The van der Waals surface area contributed by atoms with E-state index in [1.165, 1.54) is 40.7 Å². The Morgan fingerprint density at radius 3 is 2.21 bits per heavy atom. The van der Waals surface area contributed by atoms with E-state index in [0.717, 1.165) is 0 Å². The topological polar surface area (TPSA) is 0 Å². The predicted molar refractivity (Wildman–Crippen MR) is 84.9 cm³/mol. The van der Waals surface area contributed by atoms with Gasteiger partial charge in [-0.15, -0.1) is 0 Å². The lowest BCUT2D eigenvalue weighted by Gasteiger charge is -2.20. The minimum atomic E-state index is 0.459. The maximum atomic E-state index is 3.95. The lowest BCUT2D eigenvalue weighted by Crippen LogP contribution is -2.09. The summed E-state index contributed by atoms with van der Waals surface area (Å²) in [5.41, 5.74) is 7.25. The van der Waals surface area contributed by atoms with Gasteiger partial charge in [-0.05, 0) is 54.9 Å². The van der Waals surface area contributed by atoms with Crippen LogP contribution in [0.15, 0.2) is 42.5 Å². The van der Waals surface area contributed by atoms with Crippen LogP contribution >= 0.6 is 15.9 Å². The molecule has 19 heavy (non-hydrogen) atoms. The van der Waals surface area contributed by atoms with Crippen molar-refractivity contribution in [3.8, 4) is 0 Å². The Bertz CT molecular complexity index is 575. The van der Waals surface area contributed by atoms with E-state index >= 15 is 0 Å². The second-order valence-electron chi connectivity index (χ2n) is 5.70. The highest BCUT2D eigenvalue weighted by atomic mass is 79.9. The third-order valence-corrected chi connectivity index (χ3v) is 5.46. The minimum absolute atomic E-state index is 0.459. The van der Waals surface area contributed by atoms with Gasteiger partial charge in [-0.3, -0.25) is 0 Å². The molecule has 98 valence electrons. The van der Waals surface area contributed by atoms with Gasteiger partial charge in [0.15, 0.2) is 0 Å². The number of halogens is 1. The zero-order valence-electron chi connectivity index (χ0n) is 11.5. The summed E-state index contributed by atoms with van der Waals surface area (Å²) in [5, 5.41) is 0. The van der Waals surface area contributed by atoms with Crippen molar-refractivity contribution in [2.24, 2.45) is 5.92 Å². The molecule has 0 saturated heterocycles. The summed E-state index contributed by atoms with van der Waals surface area (Å²) in [5.74, 6) is 0.679. The number of benzene rings is 2. The summed E-state index contributed by atoms with van der Waals surface area (Å²) in [6, 6.07) is 15.6. The zero-order valence-corrected chi connectivity index (χ0v) is 13.1. The number of rotatable bonds is 2. The summed E-state index contributed by atoms with van der Waals surface area (Å²) in [6.45, 7) is 4.38. The van der Waals surface area contributed by atoms with Crippen LogP contribution in [0.25, 0.3) is 0 Å². The molecule has 0 aromatic heterocycles. The first-order chi connectivity index (χ1) is 9.15. The maximum Gasteiger partial charge on any atom is 0.0432 e. The standard InChI is InChI=1S/C18H19Br/c1-12-7-8-17(13(2)9-12)18(19)16-10-14-5-3-4-6-15(14)11-16/h3-9,16,18H,10-11H2,1-2H3. The molecule has 0 amide bonds. The van der Waals surface area contributed by atoms with Gasteiger partial charge in [-0.25, -0.2) is 0 Å². The van der Waals surface area contributed by atoms with E-state index in [4.69, 9.17) is 0 Å². The van der Waals surface area contributed by atoms with Crippen molar-refractivity contribution in [1.29, 1.82) is 0 Å². The molecule has 1 heteroatoms. The average Bonchev–Trinajstić information content (AvgIpc) is 2.81. The molecule has 2 aromatic rings. The fourth-order valence-corrected chi connectivity index (χ4v) is 4.08. The number of aryl methyl sites for hydroxylation is 2. The van der Waals surface area contributed by atoms with Crippen molar-refractivity contribution in [3.05, 3.63) is 70.3 Å². The van der Waals surface area contributed by atoms with E-state index < -0.39 is 0 Å². The highest BCUT2D eigenvalue weighted by molar-refractivity contribution is 9.09. The summed E-state index contributed by atoms with van der Waals surface area (Å²) < 4.78 is 0. The zero-order chi connectivity index (χ0) is 13.4. The first kappa shape index (κ1) is 12.9. The van der Waals surface area contributed by atoms with Gasteiger partial charge < -0.3 is 0 Å². The van der Waals surface area contributed by atoms with Crippen LogP contribution in [0.5, 0.6) is 0 Å². The van der Waals surface area contributed by atoms with Crippen molar-refractivity contribution >= 4 is 15.9 Å². The third kappa shape index (κ3) is 2.49. The molecular formula is C18H19Br. The van der Waals surface area contributed by atoms with Crippen molar-refractivity contribution in [3.63, 3.8) is 0 Å². The summed E-state index contributed by atoms with van der Waals surface area (Å²) in [7, 11) is 0. The van der Waals surface area contributed by atoms with Crippen LogP contribution in [0.2, 0.25) is 0 Å². The third-order valence-electron chi connectivity index (χ3n) is 4.22. The molecule has 0 aliphatic heterocycles. The van der Waals surface area contributed by atoms with Crippen molar-refractivity contribution in [2.45, 2.75) is 31.5 Å². The Morgan fingerprint density at radius 2 is 1.63 bits per heavy atom. The molecular weight excluding hydrogens is 296 g/mol. The largest absolute Gasteiger partial charge is 0.0835 e. The Hall–Kier alpha value is -1.08. The Kier molecular flexibility index (Phi) is 3.49. The maximum absolute atomic E-state index is 3.95. The fraction of sp³-hybridized carbons (Fsp3) is 0.333. The average molecular weight is 315 g/mol. The molecule has 0 nitrogen and oxygen atoms in total. The van der Waals surface area contributed by atoms with E-state index in [1.54, 1.807) is 0 Å². The number of hydrogen-bond donors (Lipinski definition) is 0. The SMILES string of the molecule is Cc1ccc(C(Br)C2Cc3ccccc3C2)c(C)c1. The van der Waals surface area contributed by atoms with E-state index in [9.17, 15) is 0 Å². The van der Waals surface area contributed by atoms with Crippen LogP contribution in [0, 0.1) is 19.8 Å². The highest BCUT2D eigenvalue weighted by Crippen LogP contribution is 2.41. The second-order valence-corrected chi connectivity index (χ2v) is 6.69. The Labute approximate surface area is 124 Å². The fourth-order valence-electron chi connectivity index (χ4n) is 3.19. The van der Waals surface area contributed by atoms with Crippen LogP contribution in [0.3, 0.4) is 0 Å². The normalized spacial score (nSPS) is 16.4. The summed E-state index contributed by atoms with van der Waals surface area (Å²) in [6.07, 6.45) is 2.39. The molecule has 1 atom stereocenters. The first-order valence-electron chi connectivity index (χ1n) is 6.93. The van der Waals surface area contributed by atoms with Gasteiger partial charge in [-0.1, -0.05) is 64.0 Å². The summed E-state index contributed by atoms with van der Waals surface area (Å²) >= 11 is 3.95. The smallest absolute Gasteiger partial charge is 0.0432 e. The number of hydrogen-bond acceptors (Lipinski definition) is 0. The van der Waals surface area contributed by atoms with Crippen molar-refractivity contribution in [2.75, 3.05) is 0 Å². The quantitative estimate of drug-likeness (QED) is 0.672.